The van der Waals surface area contributed by atoms with Crippen molar-refractivity contribution in [3.63, 3.8) is 0 Å². The fraction of sp³-hybridized carbons (Fsp3) is 0.273. The molecule has 27 heavy (non-hydrogen) atoms. The van der Waals surface area contributed by atoms with Crippen molar-refractivity contribution < 1.29 is 4.74 Å². The Morgan fingerprint density at radius 3 is 2.44 bits per heavy atom. The van der Waals surface area contributed by atoms with Gasteiger partial charge in [0, 0.05) is 31.3 Å². The maximum Gasteiger partial charge on any atom is 0.225 e. The van der Waals surface area contributed by atoms with Gasteiger partial charge >= 0.3 is 0 Å². The van der Waals surface area contributed by atoms with E-state index in [4.69, 9.17) is 9.72 Å². The molecule has 1 aliphatic rings. The van der Waals surface area contributed by atoms with Crippen LogP contribution in [0.15, 0.2) is 66.7 Å². The molecule has 2 heterocycles. The Balaban J connectivity index is 1.53. The summed E-state index contributed by atoms with van der Waals surface area (Å²) in [5.41, 5.74) is 3.17. The van der Waals surface area contributed by atoms with Crippen molar-refractivity contribution in [3.8, 4) is 11.3 Å². The molecular weight excluding hydrogens is 336 g/mol. The zero-order valence-electron chi connectivity index (χ0n) is 15.3. The van der Waals surface area contributed by atoms with Crippen LogP contribution in [0.25, 0.3) is 11.3 Å². The van der Waals surface area contributed by atoms with Crippen LogP contribution in [0.2, 0.25) is 0 Å². The van der Waals surface area contributed by atoms with Crippen LogP contribution in [-0.4, -0.2) is 29.2 Å². The van der Waals surface area contributed by atoms with E-state index in [9.17, 15) is 0 Å². The van der Waals surface area contributed by atoms with Crippen LogP contribution < -0.4 is 10.6 Å². The van der Waals surface area contributed by atoms with Crippen LogP contribution in [0, 0.1) is 0 Å². The number of aromatic nitrogens is 2. The number of nitrogens with one attached hydrogen (secondary N) is 2. The molecule has 5 heteroatoms. The molecule has 1 saturated heterocycles. The predicted molar refractivity (Wildman–Crippen MR) is 109 cm³/mol. The number of ether oxygens (including phenoxy) is 1. The second-order valence-corrected chi connectivity index (χ2v) is 6.68. The first kappa shape index (κ1) is 17.5. The zero-order valence-corrected chi connectivity index (χ0v) is 15.3. The molecule has 4 rings (SSSR count). The largest absolute Gasteiger partial charge is 0.376 e. The predicted octanol–water partition coefficient (Wildman–Crippen LogP) is 4.35. The number of nitrogens with zero attached hydrogens (tertiary/aromatic N) is 2. The molecule has 1 aromatic heterocycles. The van der Waals surface area contributed by atoms with Gasteiger partial charge in [0.25, 0.3) is 0 Å². The molecule has 0 aliphatic carbocycles. The van der Waals surface area contributed by atoms with E-state index >= 15 is 0 Å². The highest BCUT2D eigenvalue weighted by Crippen LogP contribution is 2.22. The molecule has 1 fully saturated rings. The summed E-state index contributed by atoms with van der Waals surface area (Å²) in [6.45, 7) is 2.31. The Hall–Kier alpha value is -2.92. The third-order valence-electron chi connectivity index (χ3n) is 4.62. The Labute approximate surface area is 159 Å². The van der Waals surface area contributed by atoms with E-state index in [2.05, 4.69) is 39.9 Å². The lowest BCUT2D eigenvalue weighted by Gasteiger charge is -2.14. The van der Waals surface area contributed by atoms with Gasteiger partial charge in [-0.15, -0.1) is 0 Å². The van der Waals surface area contributed by atoms with Crippen LogP contribution in [-0.2, 0) is 11.3 Å². The summed E-state index contributed by atoms with van der Waals surface area (Å²) in [5, 5.41) is 6.77. The monoisotopic (exact) mass is 360 g/mol. The third-order valence-corrected chi connectivity index (χ3v) is 4.62. The van der Waals surface area contributed by atoms with E-state index in [-0.39, 0.29) is 6.10 Å². The van der Waals surface area contributed by atoms with Crippen LogP contribution >= 0.6 is 0 Å². The lowest BCUT2D eigenvalue weighted by atomic mass is 10.1. The Bertz CT molecular complexity index is 849. The van der Waals surface area contributed by atoms with Crippen molar-refractivity contribution in [3.05, 3.63) is 72.3 Å². The molecule has 1 aliphatic heterocycles. The smallest absolute Gasteiger partial charge is 0.225 e. The normalized spacial score (nSPS) is 16.2. The Morgan fingerprint density at radius 2 is 1.70 bits per heavy atom. The molecule has 2 aromatic carbocycles. The molecule has 0 saturated carbocycles. The average molecular weight is 360 g/mol. The van der Waals surface area contributed by atoms with Crippen molar-refractivity contribution in [2.75, 3.05) is 23.8 Å². The summed E-state index contributed by atoms with van der Waals surface area (Å²) >= 11 is 0. The molecule has 1 atom stereocenters. The van der Waals surface area contributed by atoms with Gasteiger partial charge in [0.2, 0.25) is 5.95 Å². The van der Waals surface area contributed by atoms with Gasteiger partial charge in [-0.2, -0.15) is 4.98 Å². The molecule has 5 nitrogen and oxygen atoms in total. The Morgan fingerprint density at radius 1 is 0.926 bits per heavy atom. The number of hydrogen-bond donors (Lipinski definition) is 2. The minimum absolute atomic E-state index is 0.265. The van der Waals surface area contributed by atoms with Gasteiger partial charge in [0.15, 0.2) is 0 Å². The first-order valence-corrected chi connectivity index (χ1v) is 9.44. The molecule has 3 aromatic rings. The van der Waals surface area contributed by atoms with Gasteiger partial charge in [-0.3, -0.25) is 0 Å². The second-order valence-electron chi connectivity index (χ2n) is 6.68. The van der Waals surface area contributed by atoms with Crippen molar-refractivity contribution in [1.29, 1.82) is 0 Å². The molecule has 0 bridgehead atoms. The van der Waals surface area contributed by atoms with Crippen molar-refractivity contribution in [2.24, 2.45) is 0 Å². The summed E-state index contributed by atoms with van der Waals surface area (Å²) in [5.74, 6) is 1.44. The second kappa shape index (κ2) is 8.64. The minimum atomic E-state index is 0.265. The van der Waals surface area contributed by atoms with Crippen molar-refractivity contribution in [1.82, 2.24) is 9.97 Å². The summed E-state index contributed by atoms with van der Waals surface area (Å²) < 4.78 is 5.70. The SMILES string of the molecule is c1ccc(CNc2nc(NCC3CCCO3)cc(-c3ccccc3)n2)cc1. The zero-order chi connectivity index (χ0) is 18.3. The van der Waals surface area contributed by atoms with Crippen LogP contribution in [0.5, 0.6) is 0 Å². The highest BCUT2D eigenvalue weighted by Gasteiger charge is 2.15. The third kappa shape index (κ3) is 4.83. The molecule has 0 spiro atoms. The van der Waals surface area contributed by atoms with Gasteiger partial charge < -0.3 is 15.4 Å². The number of anilines is 2. The fourth-order valence-electron chi connectivity index (χ4n) is 3.17. The van der Waals surface area contributed by atoms with Crippen LogP contribution in [0.1, 0.15) is 18.4 Å². The summed E-state index contributed by atoms with van der Waals surface area (Å²) in [7, 11) is 0. The number of benzene rings is 2. The average Bonchev–Trinajstić information content (AvgIpc) is 3.26. The van der Waals surface area contributed by atoms with Gasteiger partial charge in [0.1, 0.15) is 5.82 Å². The summed E-state index contributed by atoms with van der Waals surface area (Å²) in [6, 6.07) is 22.4. The lowest BCUT2D eigenvalue weighted by Crippen LogP contribution is -2.19. The summed E-state index contributed by atoms with van der Waals surface area (Å²) in [6.07, 6.45) is 2.50. The van der Waals surface area contributed by atoms with E-state index in [0.29, 0.717) is 12.5 Å². The maximum absolute atomic E-state index is 5.70. The van der Waals surface area contributed by atoms with Gasteiger partial charge in [-0.05, 0) is 18.4 Å². The Kier molecular flexibility index (Phi) is 5.60. The topological polar surface area (TPSA) is 59.1 Å². The van der Waals surface area contributed by atoms with Gasteiger partial charge in [-0.1, -0.05) is 60.7 Å². The van der Waals surface area contributed by atoms with Crippen LogP contribution in [0.4, 0.5) is 11.8 Å². The highest BCUT2D eigenvalue weighted by atomic mass is 16.5. The molecule has 0 radical (unpaired) electrons. The first-order valence-electron chi connectivity index (χ1n) is 9.44. The van der Waals surface area contributed by atoms with Gasteiger partial charge in [0.05, 0.1) is 11.8 Å². The quantitative estimate of drug-likeness (QED) is 0.656. The number of hydrogen-bond acceptors (Lipinski definition) is 5. The van der Waals surface area contributed by atoms with Crippen LogP contribution in [0.3, 0.4) is 0 Å². The molecular formula is C22H24N4O. The van der Waals surface area contributed by atoms with Crippen molar-refractivity contribution >= 4 is 11.8 Å². The number of rotatable bonds is 7. The first-order chi connectivity index (χ1) is 13.4. The van der Waals surface area contributed by atoms with Gasteiger partial charge in [-0.25, -0.2) is 4.98 Å². The van der Waals surface area contributed by atoms with E-state index < -0.39 is 0 Å². The van der Waals surface area contributed by atoms with E-state index in [1.54, 1.807) is 0 Å². The van der Waals surface area contributed by atoms with E-state index in [1.807, 2.05) is 42.5 Å². The fourth-order valence-corrected chi connectivity index (χ4v) is 3.17. The molecule has 1 unspecified atom stereocenters. The lowest BCUT2D eigenvalue weighted by molar-refractivity contribution is 0.120. The van der Waals surface area contributed by atoms with E-state index in [0.717, 1.165) is 43.1 Å². The van der Waals surface area contributed by atoms with Crippen molar-refractivity contribution in [2.45, 2.75) is 25.5 Å². The standard InChI is InChI=1S/C22H24N4O/c1-3-8-17(9-4-1)15-24-22-25-20(18-10-5-2-6-11-18)14-21(26-22)23-16-19-12-7-13-27-19/h1-6,8-11,14,19H,7,12-13,15-16H2,(H2,23,24,25,26). The summed E-state index contributed by atoms with van der Waals surface area (Å²) in [4.78, 5) is 9.35. The highest BCUT2D eigenvalue weighted by molar-refractivity contribution is 5.64. The molecule has 138 valence electrons. The molecule has 2 N–H and O–H groups in total. The molecule has 0 amide bonds. The maximum atomic E-state index is 5.70. The van der Waals surface area contributed by atoms with E-state index in [1.165, 1.54) is 5.56 Å². The minimum Gasteiger partial charge on any atom is -0.376 e.